The molecule has 0 saturated carbocycles. The Bertz CT molecular complexity index is 469. The lowest BCUT2D eigenvalue weighted by molar-refractivity contribution is -0.123. The van der Waals surface area contributed by atoms with Gasteiger partial charge in [0.25, 0.3) is 0 Å². The average Bonchev–Trinajstić information content (AvgIpc) is 2.79. The minimum atomic E-state index is -0.839. The topological polar surface area (TPSA) is 46.3 Å². The molecular formula is C14H19FN2O. The van der Waals surface area contributed by atoms with E-state index in [4.69, 9.17) is 5.73 Å². The highest BCUT2D eigenvalue weighted by atomic mass is 19.1. The van der Waals surface area contributed by atoms with Gasteiger partial charge in [0, 0.05) is 12.2 Å². The standard InChI is InChI=1S/C14H19FN2O/c1-3-14(16,4-2)13(18)17-8-7-10-5-6-11(15)9-12(10)17/h5-6,9H,3-4,7-8,16H2,1-2H3. The number of benzene rings is 1. The van der Waals surface area contributed by atoms with Crippen molar-refractivity contribution < 1.29 is 9.18 Å². The predicted octanol–water partition coefficient (Wildman–Crippen LogP) is 2.23. The molecule has 3 nitrogen and oxygen atoms in total. The molecule has 0 saturated heterocycles. The average molecular weight is 250 g/mol. The number of hydrogen-bond acceptors (Lipinski definition) is 2. The summed E-state index contributed by atoms with van der Waals surface area (Å²) in [6, 6.07) is 4.60. The van der Waals surface area contributed by atoms with Crippen molar-refractivity contribution in [1.82, 2.24) is 0 Å². The Labute approximate surface area is 107 Å². The molecule has 0 spiro atoms. The molecule has 0 aliphatic carbocycles. The number of halogens is 1. The summed E-state index contributed by atoms with van der Waals surface area (Å²) in [5.41, 5.74) is 6.98. The highest BCUT2D eigenvalue weighted by molar-refractivity contribution is 6.01. The Morgan fingerprint density at radius 2 is 2.11 bits per heavy atom. The maximum Gasteiger partial charge on any atom is 0.247 e. The van der Waals surface area contributed by atoms with E-state index in [1.165, 1.54) is 12.1 Å². The van der Waals surface area contributed by atoms with Gasteiger partial charge in [-0.3, -0.25) is 4.79 Å². The second kappa shape index (κ2) is 4.69. The minimum absolute atomic E-state index is 0.100. The van der Waals surface area contributed by atoms with Crippen LogP contribution in [0.5, 0.6) is 0 Å². The third-order valence-corrected chi connectivity index (χ3v) is 3.88. The molecule has 4 heteroatoms. The van der Waals surface area contributed by atoms with Crippen LogP contribution in [-0.4, -0.2) is 18.0 Å². The quantitative estimate of drug-likeness (QED) is 0.894. The van der Waals surface area contributed by atoms with Crippen LogP contribution < -0.4 is 10.6 Å². The molecule has 0 unspecified atom stereocenters. The van der Waals surface area contributed by atoms with Crippen molar-refractivity contribution in [2.24, 2.45) is 5.73 Å². The van der Waals surface area contributed by atoms with Gasteiger partial charge in [0.15, 0.2) is 0 Å². The molecule has 0 fully saturated rings. The molecule has 0 radical (unpaired) electrons. The van der Waals surface area contributed by atoms with E-state index >= 15 is 0 Å². The molecule has 2 rings (SSSR count). The van der Waals surface area contributed by atoms with Gasteiger partial charge in [-0.2, -0.15) is 0 Å². The van der Waals surface area contributed by atoms with E-state index in [0.29, 0.717) is 25.1 Å². The van der Waals surface area contributed by atoms with Crippen LogP contribution in [-0.2, 0) is 11.2 Å². The van der Waals surface area contributed by atoms with E-state index in [2.05, 4.69) is 0 Å². The zero-order chi connectivity index (χ0) is 13.3. The van der Waals surface area contributed by atoms with Gasteiger partial charge in [-0.1, -0.05) is 19.9 Å². The summed E-state index contributed by atoms with van der Waals surface area (Å²) < 4.78 is 13.3. The van der Waals surface area contributed by atoms with Crippen LogP contribution in [0.25, 0.3) is 0 Å². The van der Waals surface area contributed by atoms with Gasteiger partial charge in [-0.25, -0.2) is 4.39 Å². The lowest BCUT2D eigenvalue weighted by Crippen LogP contribution is -2.54. The zero-order valence-electron chi connectivity index (χ0n) is 10.9. The van der Waals surface area contributed by atoms with Crippen LogP contribution in [0.2, 0.25) is 0 Å². The maximum atomic E-state index is 13.3. The van der Waals surface area contributed by atoms with Crippen LogP contribution in [0, 0.1) is 5.82 Å². The first-order valence-corrected chi connectivity index (χ1v) is 6.41. The molecule has 1 heterocycles. The second-order valence-electron chi connectivity index (χ2n) is 4.84. The lowest BCUT2D eigenvalue weighted by atomic mass is 9.92. The van der Waals surface area contributed by atoms with Gasteiger partial charge >= 0.3 is 0 Å². The Balaban J connectivity index is 2.33. The van der Waals surface area contributed by atoms with E-state index in [9.17, 15) is 9.18 Å². The van der Waals surface area contributed by atoms with Gasteiger partial charge in [-0.15, -0.1) is 0 Å². The monoisotopic (exact) mass is 250 g/mol. The van der Waals surface area contributed by atoms with E-state index in [-0.39, 0.29) is 11.7 Å². The smallest absolute Gasteiger partial charge is 0.247 e. The van der Waals surface area contributed by atoms with Gasteiger partial charge in [0.05, 0.1) is 5.54 Å². The fraction of sp³-hybridized carbons (Fsp3) is 0.500. The molecule has 1 aliphatic rings. The number of amides is 1. The van der Waals surface area contributed by atoms with E-state index in [1.807, 2.05) is 13.8 Å². The van der Waals surface area contributed by atoms with Crippen molar-refractivity contribution >= 4 is 11.6 Å². The van der Waals surface area contributed by atoms with E-state index in [1.54, 1.807) is 11.0 Å². The molecule has 1 amide bonds. The number of carbonyl (C=O) groups is 1. The van der Waals surface area contributed by atoms with Crippen LogP contribution in [0.3, 0.4) is 0 Å². The molecule has 98 valence electrons. The fourth-order valence-corrected chi connectivity index (χ4v) is 2.38. The number of hydrogen-bond donors (Lipinski definition) is 1. The number of rotatable bonds is 3. The minimum Gasteiger partial charge on any atom is -0.317 e. The molecule has 18 heavy (non-hydrogen) atoms. The molecule has 1 aromatic carbocycles. The molecule has 2 N–H and O–H groups in total. The van der Waals surface area contributed by atoms with Crippen molar-refractivity contribution in [1.29, 1.82) is 0 Å². The fourth-order valence-electron chi connectivity index (χ4n) is 2.38. The Morgan fingerprint density at radius 1 is 1.44 bits per heavy atom. The molecule has 1 aliphatic heterocycles. The Kier molecular flexibility index (Phi) is 3.39. The van der Waals surface area contributed by atoms with E-state index < -0.39 is 5.54 Å². The van der Waals surface area contributed by atoms with Crippen molar-refractivity contribution in [2.45, 2.75) is 38.6 Å². The zero-order valence-corrected chi connectivity index (χ0v) is 10.9. The largest absolute Gasteiger partial charge is 0.317 e. The number of fused-ring (bicyclic) bond motifs is 1. The molecular weight excluding hydrogens is 231 g/mol. The Morgan fingerprint density at radius 3 is 2.72 bits per heavy atom. The first-order chi connectivity index (χ1) is 8.51. The van der Waals surface area contributed by atoms with Crippen molar-refractivity contribution in [2.75, 3.05) is 11.4 Å². The van der Waals surface area contributed by atoms with Crippen molar-refractivity contribution in [3.8, 4) is 0 Å². The number of anilines is 1. The van der Waals surface area contributed by atoms with Gasteiger partial charge in [-0.05, 0) is 37.0 Å². The molecule has 0 bridgehead atoms. The summed E-state index contributed by atoms with van der Waals surface area (Å²) in [6.45, 7) is 4.41. The SMILES string of the molecule is CCC(N)(CC)C(=O)N1CCc2ccc(F)cc21. The van der Waals surface area contributed by atoms with Crippen LogP contribution in [0.1, 0.15) is 32.3 Å². The number of nitrogens with two attached hydrogens (primary N) is 1. The van der Waals surface area contributed by atoms with Crippen LogP contribution in [0.4, 0.5) is 10.1 Å². The van der Waals surface area contributed by atoms with Crippen LogP contribution in [0.15, 0.2) is 18.2 Å². The molecule has 0 atom stereocenters. The summed E-state index contributed by atoms with van der Waals surface area (Å²) in [7, 11) is 0. The van der Waals surface area contributed by atoms with Crippen molar-refractivity contribution in [3.05, 3.63) is 29.6 Å². The normalized spacial score (nSPS) is 14.8. The predicted molar refractivity (Wildman–Crippen MR) is 70.0 cm³/mol. The van der Waals surface area contributed by atoms with Crippen molar-refractivity contribution in [3.63, 3.8) is 0 Å². The molecule has 0 aromatic heterocycles. The summed E-state index contributed by atoms with van der Waals surface area (Å²) in [4.78, 5) is 14.1. The highest BCUT2D eigenvalue weighted by Crippen LogP contribution is 2.31. The third kappa shape index (κ3) is 2.01. The number of carbonyl (C=O) groups excluding carboxylic acids is 1. The number of nitrogens with zero attached hydrogens (tertiary/aromatic N) is 1. The Hall–Kier alpha value is -1.42. The van der Waals surface area contributed by atoms with Gasteiger partial charge < -0.3 is 10.6 Å². The highest BCUT2D eigenvalue weighted by Gasteiger charge is 2.37. The first-order valence-electron chi connectivity index (χ1n) is 6.41. The van der Waals surface area contributed by atoms with Crippen LogP contribution >= 0.6 is 0 Å². The van der Waals surface area contributed by atoms with Gasteiger partial charge in [0.1, 0.15) is 5.82 Å². The summed E-state index contributed by atoms with van der Waals surface area (Å²) >= 11 is 0. The summed E-state index contributed by atoms with van der Waals surface area (Å²) in [6.07, 6.45) is 1.94. The third-order valence-electron chi connectivity index (χ3n) is 3.88. The summed E-state index contributed by atoms with van der Waals surface area (Å²) in [5, 5.41) is 0. The maximum absolute atomic E-state index is 13.3. The second-order valence-corrected chi connectivity index (χ2v) is 4.84. The summed E-state index contributed by atoms with van der Waals surface area (Å²) in [5.74, 6) is -0.416. The van der Waals surface area contributed by atoms with Gasteiger partial charge in [0.2, 0.25) is 5.91 Å². The van der Waals surface area contributed by atoms with E-state index in [0.717, 1.165) is 12.0 Å². The molecule has 1 aromatic rings. The first kappa shape index (κ1) is 13.0. The lowest BCUT2D eigenvalue weighted by Gasteiger charge is -2.31.